The van der Waals surface area contributed by atoms with Crippen molar-refractivity contribution in [1.29, 1.82) is 0 Å². The molecule has 7 rings (SSSR count). The molecule has 0 saturated heterocycles. The minimum absolute atomic E-state index is 1.15. The molecular formula is C34H23NS. The van der Waals surface area contributed by atoms with Crippen molar-refractivity contribution in [1.82, 2.24) is 0 Å². The normalized spacial score (nSPS) is 11.3. The van der Waals surface area contributed by atoms with Gasteiger partial charge in [-0.1, -0.05) is 109 Å². The maximum absolute atomic E-state index is 2.44. The highest BCUT2D eigenvalue weighted by Crippen LogP contribution is 2.53. The highest BCUT2D eigenvalue weighted by atomic mass is 32.1. The van der Waals surface area contributed by atoms with Crippen molar-refractivity contribution in [3.63, 3.8) is 0 Å². The Morgan fingerprint density at radius 3 is 1.58 bits per heavy atom. The molecule has 0 aliphatic rings. The van der Waals surface area contributed by atoms with Gasteiger partial charge in [-0.25, -0.2) is 0 Å². The van der Waals surface area contributed by atoms with Crippen LogP contribution in [0.25, 0.3) is 42.1 Å². The molecular weight excluding hydrogens is 454 g/mol. The first-order valence-corrected chi connectivity index (χ1v) is 13.0. The van der Waals surface area contributed by atoms with Crippen molar-refractivity contribution in [3.05, 3.63) is 140 Å². The summed E-state index contributed by atoms with van der Waals surface area (Å²) in [7, 11) is 0. The van der Waals surface area contributed by atoms with Crippen LogP contribution in [0.4, 0.5) is 17.1 Å². The first-order valence-electron chi connectivity index (χ1n) is 12.2. The topological polar surface area (TPSA) is 3.24 Å². The third kappa shape index (κ3) is 3.30. The van der Waals surface area contributed by atoms with Crippen molar-refractivity contribution in [2.24, 2.45) is 0 Å². The molecule has 36 heavy (non-hydrogen) atoms. The molecule has 6 aromatic carbocycles. The van der Waals surface area contributed by atoms with Crippen LogP contribution in [0.15, 0.2) is 140 Å². The van der Waals surface area contributed by atoms with E-state index < -0.39 is 0 Å². The summed E-state index contributed by atoms with van der Waals surface area (Å²) in [4.78, 5) is 2.44. The van der Waals surface area contributed by atoms with E-state index in [9.17, 15) is 0 Å². The minimum atomic E-state index is 1.15. The number of hydrogen-bond acceptors (Lipinski definition) is 2. The van der Waals surface area contributed by atoms with Crippen LogP contribution in [0, 0.1) is 0 Å². The Morgan fingerprint density at radius 2 is 0.944 bits per heavy atom. The number of rotatable bonds is 4. The number of benzene rings is 6. The monoisotopic (exact) mass is 477 g/mol. The van der Waals surface area contributed by atoms with Crippen molar-refractivity contribution < 1.29 is 0 Å². The van der Waals surface area contributed by atoms with Crippen LogP contribution >= 0.6 is 11.3 Å². The standard InChI is InChI=1S/C34H23NS/c1-4-14-24(15-5-1)31-27-20-10-11-21-28(27)34-32(29-22-12-13-23-30(29)36-34)33(31)35(25-16-6-2-7-17-25)26-18-8-3-9-19-26/h1-23H. The Morgan fingerprint density at radius 1 is 0.444 bits per heavy atom. The van der Waals surface area contributed by atoms with Gasteiger partial charge in [0.05, 0.1) is 5.69 Å². The second-order valence-electron chi connectivity index (χ2n) is 8.94. The zero-order valence-electron chi connectivity index (χ0n) is 19.6. The SMILES string of the molecule is c1ccc(-c2c(N(c3ccccc3)c3ccccc3)c3c4ccccc4sc3c3ccccc23)cc1. The molecule has 1 nitrogen and oxygen atoms in total. The van der Waals surface area contributed by atoms with Gasteiger partial charge in [0.25, 0.3) is 0 Å². The van der Waals surface area contributed by atoms with E-state index in [1.165, 1.54) is 47.8 Å². The van der Waals surface area contributed by atoms with Gasteiger partial charge < -0.3 is 4.90 Å². The molecule has 0 atom stereocenters. The Hall–Kier alpha value is -4.40. The summed E-state index contributed by atoms with van der Waals surface area (Å²) in [5.41, 5.74) is 6.00. The summed E-state index contributed by atoms with van der Waals surface area (Å²) in [5, 5.41) is 5.18. The molecule has 7 aromatic rings. The van der Waals surface area contributed by atoms with Crippen molar-refractivity contribution in [2.75, 3.05) is 4.90 Å². The summed E-state index contributed by atoms with van der Waals surface area (Å²) in [5.74, 6) is 0. The molecule has 0 unspecified atom stereocenters. The first kappa shape index (κ1) is 20.9. The average molecular weight is 478 g/mol. The molecule has 0 aliphatic heterocycles. The summed E-state index contributed by atoms with van der Waals surface area (Å²) in [6.07, 6.45) is 0. The van der Waals surface area contributed by atoms with Crippen LogP contribution in [-0.4, -0.2) is 0 Å². The van der Waals surface area contributed by atoms with Gasteiger partial charge in [-0.05, 0) is 41.3 Å². The maximum Gasteiger partial charge on any atom is 0.0639 e. The third-order valence-corrected chi connectivity index (χ3v) is 8.03. The molecule has 0 amide bonds. The van der Waals surface area contributed by atoms with Crippen molar-refractivity contribution in [3.8, 4) is 11.1 Å². The molecule has 0 fully saturated rings. The highest BCUT2D eigenvalue weighted by molar-refractivity contribution is 7.26. The maximum atomic E-state index is 2.44. The van der Waals surface area contributed by atoms with E-state index in [4.69, 9.17) is 0 Å². The largest absolute Gasteiger partial charge is 0.309 e. The second kappa shape index (κ2) is 8.67. The van der Waals surface area contributed by atoms with Crippen molar-refractivity contribution in [2.45, 2.75) is 0 Å². The number of anilines is 3. The summed E-state index contributed by atoms with van der Waals surface area (Å²) in [6.45, 7) is 0. The van der Waals surface area contributed by atoms with Crippen LogP contribution < -0.4 is 4.90 Å². The van der Waals surface area contributed by atoms with Gasteiger partial charge >= 0.3 is 0 Å². The third-order valence-electron chi connectivity index (χ3n) is 6.82. The molecule has 0 spiro atoms. The second-order valence-corrected chi connectivity index (χ2v) is 10.00. The zero-order chi connectivity index (χ0) is 23.9. The Kier molecular flexibility index (Phi) is 5.04. The van der Waals surface area contributed by atoms with Gasteiger partial charge in [-0.2, -0.15) is 0 Å². The lowest BCUT2D eigenvalue weighted by atomic mass is 9.92. The molecule has 0 bridgehead atoms. The molecule has 0 radical (unpaired) electrons. The zero-order valence-corrected chi connectivity index (χ0v) is 20.5. The van der Waals surface area contributed by atoms with E-state index in [0.717, 1.165) is 11.4 Å². The molecule has 170 valence electrons. The molecule has 0 saturated carbocycles. The van der Waals surface area contributed by atoms with E-state index in [-0.39, 0.29) is 0 Å². The van der Waals surface area contributed by atoms with Gasteiger partial charge in [-0.3, -0.25) is 0 Å². The summed E-state index contributed by atoms with van der Waals surface area (Å²) < 4.78 is 2.64. The van der Waals surface area contributed by atoms with Crippen molar-refractivity contribution >= 4 is 59.3 Å². The van der Waals surface area contributed by atoms with E-state index in [2.05, 4.69) is 144 Å². The number of hydrogen-bond donors (Lipinski definition) is 0. The fraction of sp³-hybridized carbons (Fsp3) is 0. The van der Waals surface area contributed by atoms with Crippen LogP contribution in [0.3, 0.4) is 0 Å². The lowest BCUT2D eigenvalue weighted by Gasteiger charge is -2.30. The molecule has 2 heteroatoms. The van der Waals surface area contributed by atoms with Gasteiger partial charge in [0.15, 0.2) is 0 Å². The van der Waals surface area contributed by atoms with E-state index in [1.54, 1.807) is 0 Å². The predicted molar refractivity (Wildman–Crippen MR) is 157 cm³/mol. The summed E-state index contributed by atoms with van der Waals surface area (Å²) in [6, 6.07) is 50.0. The van der Waals surface area contributed by atoms with E-state index >= 15 is 0 Å². The van der Waals surface area contributed by atoms with Crippen LogP contribution in [0.2, 0.25) is 0 Å². The van der Waals surface area contributed by atoms with Gasteiger partial charge in [0.2, 0.25) is 0 Å². The smallest absolute Gasteiger partial charge is 0.0639 e. The number of fused-ring (bicyclic) bond motifs is 5. The molecule has 1 heterocycles. The molecule has 0 N–H and O–H groups in total. The lowest BCUT2D eigenvalue weighted by Crippen LogP contribution is -2.12. The Balaban J connectivity index is 1.75. The molecule has 0 aliphatic carbocycles. The minimum Gasteiger partial charge on any atom is -0.309 e. The quantitative estimate of drug-likeness (QED) is 0.244. The Labute approximate surface area is 214 Å². The Bertz CT molecular complexity index is 1780. The van der Waals surface area contributed by atoms with Gasteiger partial charge in [-0.15, -0.1) is 11.3 Å². The predicted octanol–water partition coefficient (Wildman–Crippen LogP) is 10.3. The van der Waals surface area contributed by atoms with E-state index in [1.807, 2.05) is 11.3 Å². The fourth-order valence-electron chi connectivity index (χ4n) is 5.30. The van der Waals surface area contributed by atoms with E-state index in [0.29, 0.717) is 0 Å². The number of nitrogens with zero attached hydrogens (tertiary/aromatic N) is 1. The average Bonchev–Trinajstić information content (AvgIpc) is 3.35. The van der Waals surface area contributed by atoms with Gasteiger partial charge in [0.1, 0.15) is 0 Å². The first-order chi connectivity index (χ1) is 17.9. The summed E-state index contributed by atoms with van der Waals surface area (Å²) >= 11 is 1.89. The molecule has 1 aromatic heterocycles. The van der Waals surface area contributed by atoms with Crippen LogP contribution in [-0.2, 0) is 0 Å². The lowest BCUT2D eigenvalue weighted by molar-refractivity contribution is 1.30. The highest BCUT2D eigenvalue weighted by Gasteiger charge is 2.25. The number of thiophene rings is 1. The van der Waals surface area contributed by atoms with Gasteiger partial charge in [0, 0.05) is 42.5 Å². The van der Waals surface area contributed by atoms with Crippen LogP contribution in [0.5, 0.6) is 0 Å². The van der Waals surface area contributed by atoms with Crippen LogP contribution in [0.1, 0.15) is 0 Å². The number of para-hydroxylation sites is 2. The fourth-order valence-corrected chi connectivity index (χ4v) is 6.55.